The van der Waals surface area contributed by atoms with E-state index >= 15 is 0 Å². The molecule has 0 spiro atoms. The van der Waals surface area contributed by atoms with Gasteiger partial charge in [-0.3, -0.25) is 9.78 Å². The lowest BCUT2D eigenvalue weighted by Crippen LogP contribution is -2.62. The average Bonchev–Trinajstić information content (AvgIpc) is 2.78. The van der Waals surface area contributed by atoms with Crippen LogP contribution >= 0.6 is 0 Å². The van der Waals surface area contributed by atoms with Gasteiger partial charge in [0, 0.05) is 18.2 Å². The van der Waals surface area contributed by atoms with E-state index in [2.05, 4.69) is 15.3 Å². The van der Waals surface area contributed by atoms with Crippen LogP contribution in [0, 0.1) is 0 Å². The highest BCUT2D eigenvalue weighted by Gasteiger charge is 2.50. The van der Waals surface area contributed by atoms with Gasteiger partial charge in [0.2, 0.25) is 5.54 Å². The average molecular weight is 421 g/mol. The van der Waals surface area contributed by atoms with E-state index in [0.29, 0.717) is 17.5 Å². The van der Waals surface area contributed by atoms with Gasteiger partial charge in [0.15, 0.2) is 0 Å². The smallest absolute Gasteiger partial charge is 0.344 e. The number of carboxylic acids is 1. The third-order valence-corrected chi connectivity index (χ3v) is 4.90. The Morgan fingerprint density at radius 3 is 2.35 bits per heavy atom. The summed E-state index contributed by atoms with van der Waals surface area (Å²) in [5.74, 6) is -3.31. The first kappa shape index (κ1) is 21.9. The molecule has 31 heavy (non-hydrogen) atoms. The Bertz CT molecular complexity index is 1100. The molecule has 1 heterocycles. The van der Waals surface area contributed by atoms with E-state index in [4.69, 9.17) is 4.74 Å². The van der Waals surface area contributed by atoms with Gasteiger partial charge in [-0.15, -0.1) is 0 Å². The maximum Gasteiger partial charge on any atom is 0.344 e. The van der Waals surface area contributed by atoms with E-state index in [0.717, 1.165) is 0 Å². The molecule has 1 amide bonds. The lowest BCUT2D eigenvalue weighted by Gasteiger charge is -2.29. The number of carbonyl (C=O) groups excluding carboxylic acids is 2. The van der Waals surface area contributed by atoms with Gasteiger partial charge in [-0.1, -0.05) is 37.3 Å². The molecule has 3 rings (SSSR count). The Labute approximate surface area is 179 Å². The maximum atomic E-state index is 13.0. The fraction of sp³-hybridized carbons (Fsp3) is 0.261. The van der Waals surface area contributed by atoms with Crippen molar-refractivity contribution in [3.8, 4) is 0 Å². The first-order valence-corrected chi connectivity index (χ1v) is 9.88. The van der Waals surface area contributed by atoms with Gasteiger partial charge in [0.25, 0.3) is 5.91 Å². The number of hydrogen-bond donors (Lipinski definition) is 2. The highest BCUT2D eigenvalue weighted by atomic mass is 16.5. The highest BCUT2D eigenvalue weighted by Crippen LogP contribution is 2.20. The number of rotatable bonds is 8. The Balaban J connectivity index is 2.02. The van der Waals surface area contributed by atoms with E-state index in [1.165, 1.54) is 18.3 Å². The predicted molar refractivity (Wildman–Crippen MR) is 113 cm³/mol. The number of aliphatic carboxylic acids is 1. The van der Waals surface area contributed by atoms with Gasteiger partial charge in [0.05, 0.1) is 22.8 Å². The van der Waals surface area contributed by atoms with Gasteiger partial charge in [-0.2, -0.15) is 0 Å². The zero-order valence-corrected chi connectivity index (χ0v) is 17.2. The van der Waals surface area contributed by atoms with Crippen LogP contribution in [-0.4, -0.2) is 44.6 Å². The summed E-state index contributed by atoms with van der Waals surface area (Å²) in [6.07, 6.45) is 0.936. The lowest BCUT2D eigenvalue weighted by molar-refractivity contribution is -0.166. The number of benzene rings is 2. The molecule has 2 atom stereocenters. The molecule has 0 aliphatic carbocycles. The molecule has 2 aromatic carbocycles. The second kappa shape index (κ2) is 9.34. The summed E-state index contributed by atoms with van der Waals surface area (Å²) in [6, 6.07) is 15.1. The summed E-state index contributed by atoms with van der Waals surface area (Å²) in [4.78, 5) is 47.0. The summed E-state index contributed by atoms with van der Waals surface area (Å²) in [6.45, 7) is 3.46. The zero-order valence-electron chi connectivity index (χ0n) is 17.2. The molecule has 0 saturated carbocycles. The van der Waals surface area contributed by atoms with E-state index in [1.807, 2.05) is 6.07 Å². The predicted octanol–water partition coefficient (Wildman–Crippen LogP) is 2.77. The van der Waals surface area contributed by atoms with Crippen LogP contribution in [0.15, 0.2) is 60.8 Å². The van der Waals surface area contributed by atoms with E-state index in [-0.39, 0.29) is 11.3 Å². The summed E-state index contributed by atoms with van der Waals surface area (Å²) in [7, 11) is 0. The fourth-order valence-corrected chi connectivity index (χ4v) is 2.96. The summed E-state index contributed by atoms with van der Waals surface area (Å²) >= 11 is 0. The van der Waals surface area contributed by atoms with Gasteiger partial charge in [-0.25, -0.2) is 14.6 Å². The first-order valence-electron chi connectivity index (χ1n) is 9.88. The van der Waals surface area contributed by atoms with E-state index in [1.54, 1.807) is 50.2 Å². The van der Waals surface area contributed by atoms with Crippen molar-refractivity contribution in [2.45, 2.75) is 38.3 Å². The number of aromatic nitrogens is 2. The molecular weight excluding hydrogens is 398 g/mol. The number of amides is 1. The van der Waals surface area contributed by atoms with Crippen LogP contribution in [0.4, 0.5) is 0 Å². The molecule has 8 heteroatoms. The van der Waals surface area contributed by atoms with Crippen LogP contribution in [-0.2, 0) is 20.7 Å². The van der Waals surface area contributed by atoms with Crippen molar-refractivity contribution < 1.29 is 24.2 Å². The molecule has 0 bridgehead atoms. The molecule has 0 aliphatic rings. The molecule has 160 valence electrons. The number of carbonyl (C=O) groups is 3. The van der Waals surface area contributed by atoms with E-state index in [9.17, 15) is 19.5 Å². The number of nitrogens with one attached hydrogen (secondary N) is 1. The van der Waals surface area contributed by atoms with Gasteiger partial charge >= 0.3 is 11.9 Å². The van der Waals surface area contributed by atoms with Crippen LogP contribution in [0.1, 0.15) is 36.3 Å². The number of esters is 1. The van der Waals surface area contributed by atoms with Crippen molar-refractivity contribution in [3.05, 3.63) is 72.1 Å². The Morgan fingerprint density at radius 2 is 1.71 bits per heavy atom. The lowest BCUT2D eigenvalue weighted by atomic mass is 9.92. The monoisotopic (exact) mass is 421 g/mol. The topological polar surface area (TPSA) is 118 Å². The number of nitrogens with zero attached hydrogens (tertiary/aromatic N) is 2. The van der Waals surface area contributed by atoms with Crippen molar-refractivity contribution in [2.75, 3.05) is 0 Å². The Morgan fingerprint density at radius 1 is 1.06 bits per heavy atom. The van der Waals surface area contributed by atoms with Crippen molar-refractivity contribution in [1.29, 1.82) is 0 Å². The number of hydrogen-bond acceptors (Lipinski definition) is 6. The third kappa shape index (κ3) is 4.85. The number of carboxylic acid groups (broad SMARTS) is 1. The van der Waals surface area contributed by atoms with Crippen LogP contribution < -0.4 is 5.32 Å². The molecular formula is C23H23N3O5. The molecule has 0 aliphatic heterocycles. The standard InChI is InChI=1S/C23H23N3O5/c1-3-15(2)31-22(30)23(21(28)29,26-20(27)16-9-5-4-6-10-16)13-17-14-24-18-11-7-8-12-19(18)25-17/h4-12,14-15H,3,13H2,1-2H3,(H,26,27)(H,28,29). The largest absolute Gasteiger partial charge is 0.479 e. The Hall–Kier alpha value is -3.81. The van der Waals surface area contributed by atoms with Crippen molar-refractivity contribution >= 4 is 28.9 Å². The van der Waals surface area contributed by atoms with Gasteiger partial charge in [0.1, 0.15) is 0 Å². The number of ether oxygens (including phenoxy) is 1. The highest BCUT2D eigenvalue weighted by molar-refractivity contribution is 6.09. The second-order valence-electron chi connectivity index (χ2n) is 7.18. The van der Waals surface area contributed by atoms with Crippen molar-refractivity contribution in [1.82, 2.24) is 15.3 Å². The molecule has 2 N–H and O–H groups in total. The van der Waals surface area contributed by atoms with E-state index < -0.39 is 35.9 Å². The molecule has 0 fully saturated rings. The van der Waals surface area contributed by atoms with Crippen LogP contribution in [0.25, 0.3) is 11.0 Å². The van der Waals surface area contributed by atoms with Gasteiger partial charge in [-0.05, 0) is 37.6 Å². The fourth-order valence-electron chi connectivity index (χ4n) is 2.96. The summed E-state index contributed by atoms with van der Waals surface area (Å²) in [5.41, 5.74) is -0.746. The minimum absolute atomic E-state index is 0.217. The number of fused-ring (bicyclic) bond motifs is 1. The minimum atomic E-state index is -2.37. The van der Waals surface area contributed by atoms with Crippen LogP contribution in [0.5, 0.6) is 0 Å². The van der Waals surface area contributed by atoms with Crippen molar-refractivity contribution in [2.24, 2.45) is 0 Å². The quantitative estimate of drug-likeness (QED) is 0.424. The summed E-state index contributed by atoms with van der Waals surface area (Å²) < 4.78 is 5.34. The Kier molecular flexibility index (Phi) is 6.59. The van der Waals surface area contributed by atoms with Crippen LogP contribution in [0.3, 0.4) is 0 Å². The second-order valence-corrected chi connectivity index (χ2v) is 7.18. The molecule has 2 unspecified atom stereocenters. The number of para-hydroxylation sites is 2. The maximum absolute atomic E-state index is 13.0. The third-order valence-electron chi connectivity index (χ3n) is 4.90. The minimum Gasteiger partial charge on any atom is -0.479 e. The van der Waals surface area contributed by atoms with Gasteiger partial charge < -0.3 is 15.2 Å². The molecule has 0 saturated heterocycles. The molecule has 3 aromatic rings. The molecule has 1 aromatic heterocycles. The normalized spacial score (nSPS) is 13.7. The SMILES string of the molecule is CCC(C)OC(=O)C(Cc1cnc2ccccc2n1)(NC(=O)c1ccccc1)C(=O)O. The summed E-state index contributed by atoms with van der Waals surface area (Å²) in [5, 5.41) is 12.5. The van der Waals surface area contributed by atoms with Crippen LogP contribution in [0.2, 0.25) is 0 Å². The zero-order chi connectivity index (χ0) is 22.4. The first-order chi connectivity index (χ1) is 14.9. The van der Waals surface area contributed by atoms with Crippen molar-refractivity contribution in [3.63, 3.8) is 0 Å². The molecule has 0 radical (unpaired) electrons. The molecule has 8 nitrogen and oxygen atoms in total.